The van der Waals surface area contributed by atoms with E-state index < -0.39 is 43.3 Å². The van der Waals surface area contributed by atoms with Gasteiger partial charge >= 0.3 is 7.82 Å². The van der Waals surface area contributed by atoms with E-state index in [9.17, 15) is 23.5 Å². The highest BCUT2D eigenvalue weighted by Gasteiger charge is 2.45. The van der Waals surface area contributed by atoms with Crippen molar-refractivity contribution < 1.29 is 37.2 Å². The van der Waals surface area contributed by atoms with Crippen molar-refractivity contribution in [2.75, 3.05) is 6.79 Å². The number of carbonyl (C=O) groups is 1. The van der Waals surface area contributed by atoms with Crippen LogP contribution < -0.4 is 5.32 Å². The largest absolute Gasteiger partial charge is 0.471 e. The Morgan fingerprint density at radius 3 is 2.48 bits per heavy atom. The molecular formula is C27H30F2N5O6PS. The monoisotopic (exact) mass is 621 g/mol. The molecule has 0 saturated heterocycles. The summed E-state index contributed by atoms with van der Waals surface area (Å²) in [5.74, 6) is -2.76. The Morgan fingerprint density at radius 1 is 1.17 bits per heavy atom. The van der Waals surface area contributed by atoms with Crippen molar-refractivity contribution in [1.82, 2.24) is 25.1 Å². The van der Waals surface area contributed by atoms with Crippen molar-refractivity contribution in [3.05, 3.63) is 88.3 Å². The van der Waals surface area contributed by atoms with Gasteiger partial charge in [-0.05, 0) is 39.0 Å². The van der Waals surface area contributed by atoms with Gasteiger partial charge in [-0.15, -0.1) is 11.3 Å². The summed E-state index contributed by atoms with van der Waals surface area (Å²) in [5, 5.41) is 9.25. The second-order valence-corrected chi connectivity index (χ2v) is 12.7. The number of ether oxygens (including phenoxy) is 1. The van der Waals surface area contributed by atoms with E-state index in [0.717, 1.165) is 11.6 Å². The molecule has 0 bridgehead atoms. The minimum Gasteiger partial charge on any atom is -0.347 e. The van der Waals surface area contributed by atoms with Crippen LogP contribution in [0.2, 0.25) is 0 Å². The van der Waals surface area contributed by atoms with E-state index >= 15 is 4.39 Å². The molecule has 0 aliphatic heterocycles. The number of nitrogens with one attached hydrogen (secondary N) is 1. The topological polar surface area (TPSA) is 149 Å². The fourth-order valence-corrected chi connectivity index (χ4v) is 5.47. The second kappa shape index (κ2) is 12.5. The number of phosphoric acid groups is 1. The maximum absolute atomic E-state index is 15.4. The van der Waals surface area contributed by atoms with Gasteiger partial charge in [0.25, 0.3) is 5.91 Å². The predicted octanol–water partition coefficient (Wildman–Crippen LogP) is 4.99. The van der Waals surface area contributed by atoms with E-state index in [1.165, 1.54) is 34.7 Å². The van der Waals surface area contributed by atoms with Gasteiger partial charge in [0, 0.05) is 39.6 Å². The minimum absolute atomic E-state index is 0.104. The van der Waals surface area contributed by atoms with Gasteiger partial charge < -0.3 is 19.8 Å². The summed E-state index contributed by atoms with van der Waals surface area (Å²) in [4.78, 5) is 39.7. The molecule has 0 spiro atoms. The van der Waals surface area contributed by atoms with Crippen LogP contribution in [0.15, 0.2) is 60.5 Å². The van der Waals surface area contributed by atoms with Crippen LogP contribution in [0.5, 0.6) is 0 Å². The Morgan fingerprint density at radius 2 is 1.88 bits per heavy atom. The number of hydrogen-bond donors (Lipinski definition) is 3. The highest BCUT2D eigenvalue weighted by Crippen LogP contribution is 2.46. The van der Waals surface area contributed by atoms with Gasteiger partial charge in [0.15, 0.2) is 6.79 Å². The molecule has 3 N–H and O–H groups in total. The minimum atomic E-state index is -4.95. The van der Waals surface area contributed by atoms with Crippen molar-refractivity contribution in [1.29, 1.82) is 0 Å². The summed E-state index contributed by atoms with van der Waals surface area (Å²) in [5.41, 5.74) is -0.452. The summed E-state index contributed by atoms with van der Waals surface area (Å²) < 4.78 is 52.6. The molecule has 0 aliphatic carbocycles. The molecule has 0 radical (unpaired) electrons. The first-order valence-corrected chi connectivity index (χ1v) is 15.1. The highest BCUT2D eigenvalue weighted by molar-refractivity contribution is 7.46. The lowest BCUT2D eigenvalue weighted by Crippen LogP contribution is -2.41. The zero-order chi connectivity index (χ0) is 30.7. The van der Waals surface area contributed by atoms with Gasteiger partial charge in [-0.2, -0.15) is 5.10 Å². The Balaban J connectivity index is 1.72. The second-order valence-electron chi connectivity index (χ2n) is 10.6. The van der Waals surface area contributed by atoms with Crippen LogP contribution in [-0.4, -0.2) is 47.8 Å². The molecule has 2 aromatic carbocycles. The lowest BCUT2D eigenvalue weighted by molar-refractivity contribution is -0.140. The number of carbonyl (C=O) groups excluding carboxylic acids is 1. The summed E-state index contributed by atoms with van der Waals surface area (Å²) in [6, 6.07) is 9.83. The molecular weight excluding hydrogens is 591 g/mol. The lowest BCUT2D eigenvalue weighted by Gasteiger charge is -2.38. The number of rotatable bonds is 11. The molecule has 0 fully saturated rings. The van der Waals surface area contributed by atoms with Crippen LogP contribution in [0.1, 0.15) is 54.5 Å². The molecule has 15 heteroatoms. The lowest BCUT2D eigenvalue weighted by atomic mass is 9.81. The van der Waals surface area contributed by atoms with Crippen LogP contribution in [0.25, 0.3) is 11.3 Å². The summed E-state index contributed by atoms with van der Waals surface area (Å²) in [7, 11) is -4.95. The number of hydrogen-bond acceptors (Lipinski definition) is 8. The third-order valence-corrected chi connectivity index (χ3v) is 7.78. The molecule has 2 aromatic heterocycles. The summed E-state index contributed by atoms with van der Waals surface area (Å²) in [6.07, 6.45) is 2.62. The van der Waals surface area contributed by atoms with Crippen LogP contribution in [0.4, 0.5) is 8.78 Å². The standard InChI is InChI=1S/C27H30F2N5O6PS/c1-17(25-32-23(12-42-25)18-5-7-19(8-6-18)24(35)33-26(2,3)4)27(13-34-15-30-14-31-34,39-16-40-41(36,37)38)21-10-9-20(28)11-22(21)29/h5-12,14-15,17H,13,16H2,1-4H3,(H,33,35)(H2,36,37,38)/t17-,27+/m0/s1. The van der Waals surface area contributed by atoms with Gasteiger partial charge in [-0.25, -0.2) is 28.0 Å². The fourth-order valence-electron chi connectivity index (χ4n) is 4.32. The van der Waals surface area contributed by atoms with E-state index in [4.69, 9.17) is 9.72 Å². The third-order valence-electron chi connectivity index (χ3n) is 6.31. The normalized spacial score (nSPS) is 14.4. The maximum atomic E-state index is 15.4. The van der Waals surface area contributed by atoms with E-state index in [0.29, 0.717) is 22.3 Å². The number of halogens is 2. The van der Waals surface area contributed by atoms with Crippen molar-refractivity contribution in [3.8, 4) is 11.3 Å². The average molecular weight is 622 g/mol. The molecule has 1 amide bonds. The van der Waals surface area contributed by atoms with Crippen molar-refractivity contribution >= 4 is 25.1 Å². The van der Waals surface area contributed by atoms with Gasteiger partial charge in [0.1, 0.15) is 29.9 Å². The Labute approximate surface area is 244 Å². The van der Waals surface area contributed by atoms with Crippen molar-refractivity contribution in [2.45, 2.75) is 51.3 Å². The molecule has 42 heavy (non-hydrogen) atoms. The smallest absolute Gasteiger partial charge is 0.347 e. The van der Waals surface area contributed by atoms with Gasteiger partial charge in [0.05, 0.1) is 17.2 Å². The zero-order valence-corrected chi connectivity index (χ0v) is 24.9. The molecule has 0 aliphatic rings. The van der Waals surface area contributed by atoms with Gasteiger partial charge in [-0.3, -0.25) is 9.32 Å². The third kappa shape index (κ3) is 7.71. The first-order valence-electron chi connectivity index (χ1n) is 12.7. The number of amides is 1. The molecule has 4 aromatic rings. The number of nitrogens with zero attached hydrogens (tertiary/aromatic N) is 4. The van der Waals surface area contributed by atoms with Crippen LogP contribution >= 0.6 is 19.2 Å². The average Bonchev–Trinajstić information content (AvgIpc) is 3.59. The number of phosphoric ester groups is 1. The van der Waals surface area contributed by atoms with E-state index in [-0.39, 0.29) is 18.0 Å². The molecule has 0 unspecified atom stereocenters. The van der Waals surface area contributed by atoms with Crippen molar-refractivity contribution in [2.24, 2.45) is 0 Å². The van der Waals surface area contributed by atoms with Crippen LogP contribution in [0, 0.1) is 11.6 Å². The van der Waals surface area contributed by atoms with Gasteiger partial charge in [0.2, 0.25) is 0 Å². The summed E-state index contributed by atoms with van der Waals surface area (Å²) >= 11 is 1.25. The van der Waals surface area contributed by atoms with Crippen molar-refractivity contribution in [3.63, 3.8) is 0 Å². The van der Waals surface area contributed by atoms with E-state index in [1.807, 2.05) is 20.8 Å². The summed E-state index contributed by atoms with van der Waals surface area (Å²) in [6.45, 7) is 6.25. The molecule has 4 rings (SSSR count). The Hall–Kier alpha value is -3.39. The SMILES string of the molecule is C[C@@H](c1nc(-c2ccc(C(=O)NC(C)(C)C)cc2)cs1)[C@@](Cn1cncn1)(OCOP(=O)(O)O)c1ccc(F)cc1F. The molecule has 0 saturated carbocycles. The molecule has 2 heterocycles. The number of benzene rings is 2. The van der Waals surface area contributed by atoms with Crippen LogP contribution in [-0.2, 0) is 26.0 Å². The van der Waals surface area contributed by atoms with Crippen LogP contribution in [0.3, 0.4) is 0 Å². The van der Waals surface area contributed by atoms with E-state index in [1.54, 1.807) is 36.6 Å². The Kier molecular flexibility index (Phi) is 9.36. The first kappa shape index (κ1) is 31.5. The zero-order valence-electron chi connectivity index (χ0n) is 23.2. The predicted molar refractivity (Wildman–Crippen MR) is 150 cm³/mol. The van der Waals surface area contributed by atoms with E-state index in [2.05, 4.69) is 19.9 Å². The maximum Gasteiger partial charge on any atom is 0.471 e. The fraction of sp³-hybridized carbons (Fsp3) is 0.333. The quantitative estimate of drug-likeness (QED) is 0.156. The molecule has 2 atom stereocenters. The number of thiazole rings is 1. The van der Waals surface area contributed by atoms with Gasteiger partial charge in [-0.1, -0.05) is 25.1 Å². The molecule has 11 nitrogen and oxygen atoms in total. The number of aromatic nitrogens is 4. The highest BCUT2D eigenvalue weighted by atomic mass is 32.1. The first-order chi connectivity index (χ1) is 19.7. The Bertz CT molecular complexity index is 1570. The molecule has 224 valence electrons.